The molecule has 1 aromatic rings. The zero-order valence-electron chi connectivity index (χ0n) is 12.7. The quantitative estimate of drug-likeness (QED) is 0.829. The van der Waals surface area contributed by atoms with Crippen LogP contribution in [-0.4, -0.2) is 29.9 Å². The van der Waals surface area contributed by atoms with Crippen molar-refractivity contribution in [2.45, 2.75) is 57.5 Å². The van der Waals surface area contributed by atoms with Crippen molar-refractivity contribution in [3.05, 3.63) is 29.3 Å². The molecule has 0 N–H and O–H groups in total. The number of carbonyl (C=O) groups is 1. The lowest BCUT2D eigenvalue weighted by molar-refractivity contribution is 0.0660. The Morgan fingerprint density at radius 1 is 0.952 bits per heavy atom. The van der Waals surface area contributed by atoms with Crippen molar-refractivity contribution in [1.29, 1.82) is 0 Å². The number of anilines is 1. The lowest BCUT2D eigenvalue weighted by atomic mass is 9.94. The van der Waals surface area contributed by atoms with Crippen molar-refractivity contribution >= 4 is 11.6 Å². The minimum absolute atomic E-state index is 0.276. The number of hydrogen-bond donors (Lipinski definition) is 0. The summed E-state index contributed by atoms with van der Waals surface area (Å²) in [5, 5.41) is 0. The second-order valence-electron chi connectivity index (χ2n) is 6.72. The van der Waals surface area contributed by atoms with Crippen LogP contribution >= 0.6 is 0 Å². The molecule has 3 aliphatic rings. The standard InChI is InChI=1S/C18H24N2O/c21-18-15-9-6-10-17(19-11-4-5-12-19)16(15)13-20(18)14-7-2-1-3-8-14/h6,9-10,14H,1-5,7-8,11-13H2. The third-order valence-electron chi connectivity index (χ3n) is 5.43. The van der Waals surface area contributed by atoms with Gasteiger partial charge in [0.25, 0.3) is 5.91 Å². The molecule has 0 bridgehead atoms. The highest BCUT2D eigenvalue weighted by molar-refractivity contribution is 6.00. The number of hydrogen-bond acceptors (Lipinski definition) is 2. The number of nitrogens with zero attached hydrogens (tertiary/aromatic N) is 2. The highest BCUT2D eigenvalue weighted by Gasteiger charge is 2.35. The summed E-state index contributed by atoms with van der Waals surface area (Å²) in [7, 11) is 0. The molecule has 0 aromatic heterocycles. The molecule has 21 heavy (non-hydrogen) atoms. The summed E-state index contributed by atoms with van der Waals surface area (Å²) in [4.78, 5) is 17.4. The molecular weight excluding hydrogens is 260 g/mol. The van der Waals surface area contributed by atoms with E-state index in [2.05, 4.69) is 21.9 Å². The molecule has 112 valence electrons. The summed E-state index contributed by atoms with van der Waals surface area (Å²) >= 11 is 0. The molecule has 1 amide bonds. The first kappa shape index (κ1) is 13.2. The van der Waals surface area contributed by atoms with E-state index >= 15 is 0 Å². The van der Waals surface area contributed by atoms with Crippen LogP contribution in [0.25, 0.3) is 0 Å². The van der Waals surface area contributed by atoms with E-state index < -0.39 is 0 Å². The van der Waals surface area contributed by atoms with E-state index in [0.717, 1.165) is 25.2 Å². The number of rotatable bonds is 2. The van der Waals surface area contributed by atoms with Crippen molar-refractivity contribution in [2.24, 2.45) is 0 Å². The van der Waals surface area contributed by atoms with E-state index in [-0.39, 0.29) is 5.91 Å². The van der Waals surface area contributed by atoms with Gasteiger partial charge in [0.05, 0.1) is 0 Å². The first-order valence-electron chi connectivity index (χ1n) is 8.52. The minimum atomic E-state index is 0.276. The van der Waals surface area contributed by atoms with Crippen molar-refractivity contribution in [3.8, 4) is 0 Å². The molecule has 4 rings (SSSR count). The number of benzene rings is 1. The highest BCUT2D eigenvalue weighted by atomic mass is 16.2. The van der Waals surface area contributed by atoms with Gasteiger partial charge in [-0.3, -0.25) is 4.79 Å². The van der Waals surface area contributed by atoms with E-state index in [4.69, 9.17) is 0 Å². The molecule has 1 aromatic carbocycles. The second-order valence-corrected chi connectivity index (χ2v) is 6.72. The van der Waals surface area contributed by atoms with Crippen LogP contribution in [0.3, 0.4) is 0 Å². The van der Waals surface area contributed by atoms with E-state index in [9.17, 15) is 4.79 Å². The second kappa shape index (κ2) is 5.36. The lowest BCUT2D eigenvalue weighted by Gasteiger charge is -2.31. The fraction of sp³-hybridized carbons (Fsp3) is 0.611. The van der Waals surface area contributed by atoms with Crippen LogP contribution in [0.2, 0.25) is 0 Å². The Hall–Kier alpha value is -1.51. The van der Waals surface area contributed by atoms with Crippen LogP contribution in [0.4, 0.5) is 5.69 Å². The Labute approximate surface area is 126 Å². The predicted octanol–water partition coefficient (Wildman–Crippen LogP) is 3.58. The predicted molar refractivity (Wildman–Crippen MR) is 84.6 cm³/mol. The molecule has 1 saturated heterocycles. The summed E-state index contributed by atoms with van der Waals surface area (Å²) < 4.78 is 0. The average molecular weight is 284 g/mol. The molecule has 2 aliphatic heterocycles. The summed E-state index contributed by atoms with van der Waals surface area (Å²) in [6, 6.07) is 6.78. The largest absolute Gasteiger partial charge is 0.371 e. The first-order chi connectivity index (χ1) is 10.3. The van der Waals surface area contributed by atoms with Gasteiger partial charge in [-0.05, 0) is 37.8 Å². The Morgan fingerprint density at radius 3 is 2.48 bits per heavy atom. The van der Waals surface area contributed by atoms with Gasteiger partial charge in [0.1, 0.15) is 0 Å². The maximum absolute atomic E-state index is 12.8. The van der Waals surface area contributed by atoms with Gasteiger partial charge in [-0.2, -0.15) is 0 Å². The number of fused-ring (bicyclic) bond motifs is 1. The Bertz CT molecular complexity index is 542. The average Bonchev–Trinajstić information content (AvgIpc) is 3.17. The van der Waals surface area contributed by atoms with Crippen LogP contribution in [-0.2, 0) is 6.54 Å². The topological polar surface area (TPSA) is 23.6 Å². The molecule has 3 nitrogen and oxygen atoms in total. The number of carbonyl (C=O) groups excluding carboxylic acids is 1. The van der Waals surface area contributed by atoms with Crippen LogP contribution in [0.1, 0.15) is 60.9 Å². The normalized spacial score (nSPS) is 23.0. The molecule has 2 fully saturated rings. The van der Waals surface area contributed by atoms with Crippen LogP contribution in [0.5, 0.6) is 0 Å². The monoisotopic (exact) mass is 284 g/mol. The molecular formula is C18H24N2O. The smallest absolute Gasteiger partial charge is 0.254 e. The molecule has 0 radical (unpaired) electrons. The summed E-state index contributed by atoms with van der Waals surface area (Å²) in [5.41, 5.74) is 3.57. The highest BCUT2D eigenvalue weighted by Crippen LogP contribution is 2.36. The van der Waals surface area contributed by atoms with Crippen LogP contribution in [0.15, 0.2) is 18.2 Å². The van der Waals surface area contributed by atoms with Gasteiger partial charge in [0, 0.05) is 42.5 Å². The summed E-state index contributed by atoms with van der Waals surface area (Å²) in [5.74, 6) is 0.276. The maximum Gasteiger partial charge on any atom is 0.254 e. The maximum atomic E-state index is 12.8. The summed E-state index contributed by atoms with van der Waals surface area (Å²) in [6.45, 7) is 3.13. The van der Waals surface area contributed by atoms with E-state index in [1.54, 1.807) is 0 Å². The van der Waals surface area contributed by atoms with Gasteiger partial charge < -0.3 is 9.80 Å². The molecule has 0 unspecified atom stereocenters. The Morgan fingerprint density at radius 2 is 1.71 bits per heavy atom. The fourth-order valence-electron chi connectivity index (χ4n) is 4.28. The van der Waals surface area contributed by atoms with E-state index in [1.807, 2.05) is 6.07 Å². The van der Waals surface area contributed by atoms with E-state index in [0.29, 0.717) is 6.04 Å². The first-order valence-corrected chi connectivity index (χ1v) is 8.52. The van der Waals surface area contributed by atoms with Gasteiger partial charge in [-0.1, -0.05) is 25.3 Å². The van der Waals surface area contributed by atoms with Crippen molar-refractivity contribution in [1.82, 2.24) is 4.90 Å². The molecule has 3 heteroatoms. The molecule has 1 saturated carbocycles. The van der Waals surface area contributed by atoms with Crippen molar-refractivity contribution < 1.29 is 4.79 Å². The summed E-state index contributed by atoms with van der Waals surface area (Å²) in [6.07, 6.45) is 8.85. The molecule has 2 heterocycles. The van der Waals surface area contributed by atoms with Crippen molar-refractivity contribution in [3.63, 3.8) is 0 Å². The molecule has 0 atom stereocenters. The Kier molecular flexibility index (Phi) is 3.36. The van der Waals surface area contributed by atoms with Gasteiger partial charge >= 0.3 is 0 Å². The fourth-order valence-corrected chi connectivity index (χ4v) is 4.28. The SMILES string of the molecule is O=C1c2cccc(N3CCCC3)c2CN1C1CCCCC1. The lowest BCUT2D eigenvalue weighted by Crippen LogP contribution is -2.36. The third kappa shape index (κ3) is 2.23. The van der Waals surface area contributed by atoms with Crippen LogP contribution < -0.4 is 4.90 Å². The minimum Gasteiger partial charge on any atom is -0.371 e. The molecule has 1 aliphatic carbocycles. The van der Waals surface area contributed by atoms with E-state index in [1.165, 1.54) is 56.2 Å². The van der Waals surface area contributed by atoms with Gasteiger partial charge in [-0.25, -0.2) is 0 Å². The zero-order chi connectivity index (χ0) is 14.2. The number of amides is 1. The van der Waals surface area contributed by atoms with Crippen molar-refractivity contribution in [2.75, 3.05) is 18.0 Å². The molecule has 0 spiro atoms. The van der Waals surface area contributed by atoms with Gasteiger partial charge in [0.15, 0.2) is 0 Å². The zero-order valence-corrected chi connectivity index (χ0v) is 12.7. The van der Waals surface area contributed by atoms with Gasteiger partial charge in [-0.15, -0.1) is 0 Å². The van der Waals surface area contributed by atoms with Crippen LogP contribution in [0, 0.1) is 0 Å². The Balaban J connectivity index is 1.63. The van der Waals surface area contributed by atoms with Gasteiger partial charge in [0.2, 0.25) is 0 Å². The third-order valence-corrected chi connectivity index (χ3v) is 5.43.